The number of nitrogens with zero attached hydrogens (tertiary/aromatic N) is 4. The first-order valence-corrected chi connectivity index (χ1v) is 17.7. The first kappa shape index (κ1) is 31.2. The molecule has 2 aliphatic carbocycles. The van der Waals surface area contributed by atoms with E-state index in [1.165, 1.54) is 9.58 Å². The highest BCUT2D eigenvalue weighted by atomic mass is 35.5. The lowest BCUT2D eigenvalue weighted by molar-refractivity contribution is -0.173. The number of benzene rings is 3. The number of halogens is 1. The van der Waals surface area contributed by atoms with Crippen LogP contribution in [-0.2, 0) is 26.2 Å². The minimum atomic E-state index is -1.37. The summed E-state index contributed by atoms with van der Waals surface area (Å²) in [6, 6.07) is 18.4. The Morgan fingerprint density at radius 3 is 2.54 bits per heavy atom. The zero-order valence-electron chi connectivity index (χ0n) is 27.3. The van der Waals surface area contributed by atoms with Gasteiger partial charge in [0, 0.05) is 34.3 Å². The van der Waals surface area contributed by atoms with E-state index in [1.54, 1.807) is 43.5 Å². The topological polar surface area (TPSA) is 133 Å². The van der Waals surface area contributed by atoms with Crippen molar-refractivity contribution >= 4 is 73.2 Å². The van der Waals surface area contributed by atoms with Gasteiger partial charge in [0.2, 0.25) is 11.8 Å². The number of carbonyl (C=O) groups is 4. The molecule has 252 valence electrons. The van der Waals surface area contributed by atoms with Gasteiger partial charge in [0.1, 0.15) is 17.3 Å². The number of rotatable bonds is 3. The van der Waals surface area contributed by atoms with Gasteiger partial charge in [0.15, 0.2) is 0 Å². The van der Waals surface area contributed by atoms with Gasteiger partial charge in [-0.15, -0.1) is 11.3 Å². The summed E-state index contributed by atoms with van der Waals surface area (Å²) in [5.74, 6) is -5.93. The molecule has 2 aliphatic heterocycles. The van der Waals surface area contributed by atoms with Crippen molar-refractivity contribution in [2.24, 2.45) is 36.1 Å². The molecule has 9 rings (SSSR count). The number of carbonyl (C=O) groups excluding carboxylic acids is 4. The number of phenols is 1. The molecule has 1 saturated carbocycles. The quantitative estimate of drug-likeness (QED) is 0.121. The Balaban J connectivity index is 1.22. The summed E-state index contributed by atoms with van der Waals surface area (Å²) in [5.41, 5.74) is 1.45. The maximum absolute atomic E-state index is 15.1. The Kier molecular flexibility index (Phi) is 6.60. The largest absolute Gasteiger partial charge is 0.508 e. The van der Waals surface area contributed by atoms with Gasteiger partial charge in [-0.3, -0.25) is 29.1 Å². The predicted molar refractivity (Wildman–Crippen MR) is 188 cm³/mol. The summed E-state index contributed by atoms with van der Waals surface area (Å²) in [5, 5.41) is 30.2. The Morgan fingerprint density at radius 2 is 1.74 bits per heavy atom. The molecule has 6 atom stereocenters. The number of phenolic OH excluding ortho intramolecular Hbond substituents is 1. The van der Waals surface area contributed by atoms with Crippen LogP contribution in [0.2, 0.25) is 5.02 Å². The number of thiophene rings is 1. The Bertz CT molecular complexity index is 2410. The molecule has 0 bridgehead atoms. The van der Waals surface area contributed by atoms with Gasteiger partial charge in [0.05, 0.1) is 28.0 Å². The molecular formula is C38H31ClN4O6S. The average molecular weight is 707 g/mol. The fraction of sp³-hybridized carbons (Fsp3) is 0.289. The molecule has 2 aromatic heterocycles. The van der Waals surface area contributed by atoms with Crippen LogP contribution in [0.3, 0.4) is 0 Å². The standard InChI is InChI=1S/C38H31ClN4O6S/c1-17-23-14-19(39)9-13-28(23)50-33(17)26-16-29(41(3)40-26)42-35(46)25-15-24-21(10-11-22-30(24)36(47)43(49)34(22)45)32(38(25,2)37(42)48)31-20-7-5-4-6-18(20)8-12-27(31)44/h4-10,12-14,16,22,24-25,30,32,44,49H,11,15H2,1-3H3. The second-order valence-electron chi connectivity index (χ2n) is 14.1. The first-order chi connectivity index (χ1) is 23.9. The number of hydrogen-bond acceptors (Lipinski definition) is 8. The minimum absolute atomic E-state index is 0.0307. The number of aromatic hydroxyl groups is 1. The summed E-state index contributed by atoms with van der Waals surface area (Å²) >= 11 is 7.85. The molecule has 5 aromatic rings. The van der Waals surface area contributed by atoms with Crippen molar-refractivity contribution in [1.82, 2.24) is 14.8 Å². The van der Waals surface area contributed by atoms with Crippen molar-refractivity contribution in [3.05, 3.63) is 88.5 Å². The molecular weight excluding hydrogens is 676 g/mol. The van der Waals surface area contributed by atoms with Gasteiger partial charge in [-0.2, -0.15) is 10.2 Å². The van der Waals surface area contributed by atoms with Gasteiger partial charge in [-0.05, 0) is 78.6 Å². The number of imide groups is 2. The Hall–Kier alpha value is -4.84. The van der Waals surface area contributed by atoms with Crippen LogP contribution in [0, 0.1) is 36.0 Å². The fourth-order valence-corrected chi connectivity index (χ4v) is 10.6. The highest BCUT2D eigenvalue weighted by molar-refractivity contribution is 7.22. The van der Waals surface area contributed by atoms with E-state index >= 15 is 4.79 Å². The molecule has 3 fully saturated rings. The maximum Gasteiger partial charge on any atom is 0.257 e. The van der Waals surface area contributed by atoms with Crippen molar-refractivity contribution in [3.8, 4) is 16.3 Å². The highest BCUT2D eigenvalue weighted by Gasteiger charge is 2.68. The summed E-state index contributed by atoms with van der Waals surface area (Å²) in [6.07, 6.45) is 2.21. The van der Waals surface area contributed by atoms with Gasteiger partial charge in [-0.25, -0.2) is 4.90 Å². The molecule has 2 saturated heterocycles. The van der Waals surface area contributed by atoms with Crippen molar-refractivity contribution in [2.45, 2.75) is 32.6 Å². The average Bonchev–Trinajstić information content (AvgIpc) is 3.76. The van der Waals surface area contributed by atoms with E-state index in [2.05, 4.69) is 0 Å². The summed E-state index contributed by atoms with van der Waals surface area (Å²) < 4.78 is 2.58. The van der Waals surface area contributed by atoms with Crippen LogP contribution in [0.15, 0.2) is 72.3 Å². The zero-order chi connectivity index (χ0) is 35.0. The zero-order valence-corrected chi connectivity index (χ0v) is 28.8. The SMILES string of the molecule is Cc1c(-c2cc(N3C(=O)C4CC5C(=CCC6C(=O)N(O)C(=O)C65)C(c5c(O)ccc6ccccc56)C4(C)C3=O)n(C)n2)sc2ccc(Cl)cc12. The lowest BCUT2D eigenvalue weighted by Crippen LogP contribution is -2.49. The van der Waals surface area contributed by atoms with Crippen LogP contribution >= 0.6 is 22.9 Å². The normalized spacial score (nSPS) is 27.7. The number of aromatic nitrogens is 2. The van der Waals surface area contributed by atoms with Crippen LogP contribution in [0.5, 0.6) is 5.75 Å². The monoisotopic (exact) mass is 706 g/mol. The number of aryl methyl sites for hydroxylation is 2. The van der Waals surface area contributed by atoms with Crippen LogP contribution in [0.1, 0.15) is 36.8 Å². The number of fused-ring (bicyclic) bond motifs is 6. The molecule has 6 unspecified atom stereocenters. The first-order valence-electron chi connectivity index (χ1n) is 16.5. The van der Waals surface area contributed by atoms with E-state index in [4.69, 9.17) is 16.7 Å². The third-order valence-corrected chi connectivity index (χ3v) is 13.2. The molecule has 2 N–H and O–H groups in total. The van der Waals surface area contributed by atoms with E-state index in [-0.39, 0.29) is 23.7 Å². The fourth-order valence-electron chi connectivity index (χ4n) is 9.33. The number of anilines is 1. The van der Waals surface area contributed by atoms with E-state index in [9.17, 15) is 24.7 Å². The maximum atomic E-state index is 15.1. The summed E-state index contributed by atoms with van der Waals surface area (Å²) in [6.45, 7) is 3.78. The number of hydroxylamine groups is 2. The van der Waals surface area contributed by atoms with Crippen LogP contribution in [0.4, 0.5) is 5.82 Å². The molecule has 4 aliphatic rings. The van der Waals surface area contributed by atoms with Crippen molar-refractivity contribution in [3.63, 3.8) is 0 Å². The van der Waals surface area contributed by atoms with Crippen molar-refractivity contribution in [2.75, 3.05) is 4.90 Å². The van der Waals surface area contributed by atoms with Gasteiger partial charge in [-0.1, -0.05) is 53.6 Å². The molecule has 4 amide bonds. The molecule has 3 aromatic carbocycles. The molecule has 0 radical (unpaired) electrons. The lowest BCUT2D eigenvalue weighted by Gasteiger charge is -2.49. The van der Waals surface area contributed by atoms with E-state index < -0.39 is 58.6 Å². The lowest BCUT2D eigenvalue weighted by atomic mass is 9.51. The number of allylic oxidation sites excluding steroid dienone is 2. The van der Waals surface area contributed by atoms with Gasteiger partial charge < -0.3 is 5.11 Å². The van der Waals surface area contributed by atoms with Gasteiger partial charge >= 0.3 is 0 Å². The molecule has 4 heterocycles. The van der Waals surface area contributed by atoms with E-state index in [0.717, 1.165) is 36.9 Å². The molecule has 50 heavy (non-hydrogen) atoms. The van der Waals surface area contributed by atoms with Crippen molar-refractivity contribution < 1.29 is 29.5 Å². The Morgan fingerprint density at radius 1 is 0.960 bits per heavy atom. The van der Waals surface area contributed by atoms with Crippen molar-refractivity contribution in [1.29, 1.82) is 0 Å². The van der Waals surface area contributed by atoms with Crippen LogP contribution in [0.25, 0.3) is 31.4 Å². The minimum Gasteiger partial charge on any atom is -0.508 e. The smallest absolute Gasteiger partial charge is 0.257 e. The predicted octanol–water partition coefficient (Wildman–Crippen LogP) is 6.74. The summed E-state index contributed by atoms with van der Waals surface area (Å²) in [4.78, 5) is 58.3. The second-order valence-corrected chi connectivity index (χ2v) is 15.6. The van der Waals surface area contributed by atoms with Crippen LogP contribution in [-0.4, -0.2) is 48.8 Å². The van der Waals surface area contributed by atoms with Crippen LogP contribution < -0.4 is 4.90 Å². The molecule has 0 spiro atoms. The third-order valence-electron chi connectivity index (χ3n) is 11.7. The molecule has 12 heteroatoms. The second kappa shape index (κ2) is 10.6. The van der Waals surface area contributed by atoms with E-state index in [0.29, 0.717) is 22.1 Å². The number of amides is 4. The van der Waals surface area contributed by atoms with Gasteiger partial charge in [0.25, 0.3) is 11.8 Å². The highest BCUT2D eigenvalue weighted by Crippen LogP contribution is 2.65. The summed E-state index contributed by atoms with van der Waals surface area (Å²) in [7, 11) is 1.70. The van der Waals surface area contributed by atoms with E-state index in [1.807, 2.05) is 55.5 Å². The number of hydrogen-bond donors (Lipinski definition) is 2. The molecule has 10 nitrogen and oxygen atoms in total. The Labute approximate surface area is 295 Å². The third kappa shape index (κ3) is 3.96.